The summed E-state index contributed by atoms with van der Waals surface area (Å²) in [5, 5.41) is 4.45. The highest BCUT2D eigenvalue weighted by molar-refractivity contribution is 6.17. The van der Waals surface area contributed by atoms with Crippen LogP contribution in [0.15, 0.2) is 30.5 Å². The lowest BCUT2D eigenvalue weighted by Gasteiger charge is -2.13. The van der Waals surface area contributed by atoms with E-state index in [1.165, 1.54) is 0 Å². The molecule has 1 heterocycles. The summed E-state index contributed by atoms with van der Waals surface area (Å²) in [6.07, 6.45) is 1.95. The molecular formula is C15H19ClN2O2. The summed E-state index contributed by atoms with van der Waals surface area (Å²) >= 11 is 5.93. The van der Waals surface area contributed by atoms with Crippen molar-refractivity contribution < 1.29 is 9.47 Å². The zero-order valence-corrected chi connectivity index (χ0v) is 12.7. The molecule has 0 bridgehead atoms. The van der Waals surface area contributed by atoms with Gasteiger partial charge in [-0.1, -0.05) is 12.1 Å². The highest BCUT2D eigenvalue weighted by Gasteiger charge is 2.11. The molecule has 0 spiro atoms. The lowest BCUT2D eigenvalue weighted by Crippen LogP contribution is -2.04. The summed E-state index contributed by atoms with van der Waals surface area (Å²) in [7, 11) is 1.62. The standard InChI is InChI=1S/C15H19ClN2O2/c1-11(2)18-8-7-13(17-18)10-20-15-12(9-16)5-4-6-14(15)19-3/h4-8,11H,9-10H2,1-3H3. The van der Waals surface area contributed by atoms with Crippen molar-refractivity contribution >= 4 is 11.6 Å². The van der Waals surface area contributed by atoms with E-state index in [-0.39, 0.29) is 0 Å². The molecule has 1 aromatic carbocycles. The summed E-state index contributed by atoms with van der Waals surface area (Å²) < 4.78 is 13.1. The number of para-hydroxylation sites is 1. The average molecular weight is 295 g/mol. The minimum absolute atomic E-state index is 0.341. The smallest absolute Gasteiger partial charge is 0.166 e. The molecule has 0 aliphatic heterocycles. The second kappa shape index (κ2) is 6.66. The molecule has 0 unspecified atom stereocenters. The van der Waals surface area contributed by atoms with Gasteiger partial charge in [-0.05, 0) is 26.0 Å². The van der Waals surface area contributed by atoms with E-state index in [2.05, 4.69) is 18.9 Å². The first-order chi connectivity index (χ1) is 9.65. The van der Waals surface area contributed by atoms with Gasteiger partial charge in [0.25, 0.3) is 0 Å². The van der Waals surface area contributed by atoms with Crippen LogP contribution in [0.4, 0.5) is 0 Å². The Labute approximate surface area is 124 Å². The Morgan fingerprint density at radius 1 is 1.30 bits per heavy atom. The predicted molar refractivity (Wildman–Crippen MR) is 79.5 cm³/mol. The van der Waals surface area contributed by atoms with E-state index in [9.17, 15) is 0 Å². The van der Waals surface area contributed by atoms with Gasteiger partial charge < -0.3 is 9.47 Å². The van der Waals surface area contributed by atoms with Gasteiger partial charge in [-0.15, -0.1) is 11.6 Å². The number of hydrogen-bond acceptors (Lipinski definition) is 3. The van der Waals surface area contributed by atoms with E-state index in [0.717, 1.165) is 11.3 Å². The first-order valence-electron chi connectivity index (χ1n) is 6.54. The molecule has 0 fully saturated rings. The Bertz CT molecular complexity index is 545. The minimum Gasteiger partial charge on any atom is -0.493 e. The second-order valence-electron chi connectivity index (χ2n) is 4.75. The molecule has 20 heavy (non-hydrogen) atoms. The Kier molecular flexibility index (Phi) is 4.90. The van der Waals surface area contributed by atoms with Crippen molar-refractivity contribution in [2.45, 2.75) is 32.4 Å². The van der Waals surface area contributed by atoms with Crippen LogP contribution in [0.3, 0.4) is 0 Å². The normalized spacial score (nSPS) is 10.8. The number of methoxy groups -OCH3 is 1. The molecule has 0 aliphatic rings. The van der Waals surface area contributed by atoms with Gasteiger partial charge in [0.05, 0.1) is 18.7 Å². The molecule has 2 aromatic rings. The maximum Gasteiger partial charge on any atom is 0.166 e. The minimum atomic E-state index is 0.341. The Morgan fingerprint density at radius 3 is 2.70 bits per heavy atom. The van der Waals surface area contributed by atoms with Gasteiger partial charge in [-0.25, -0.2) is 0 Å². The number of halogens is 1. The maximum atomic E-state index is 5.93. The molecule has 0 saturated carbocycles. The van der Waals surface area contributed by atoms with Crippen LogP contribution in [-0.4, -0.2) is 16.9 Å². The van der Waals surface area contributed by atoms with Gasteiger partial charge >= 0.3 is 0 Å². The fourth-order valence-electron chi connectivity index (χ4n) is 1.88. The molecule has 5 heteroatoms. The number of aromatic nitrogens is 2. The number of ether oxygens (including phenoxy) is 2. The maximum absolute atomic E-state index is 5.93. The number of rotatable bonds is 6. The van der Waals surface area contributed by atoms with Crippen LogP contribution < -0.4 is 9.47 Å². The third-order valence-corrected chi connectivity index (χ3v) is 3.27. The van der Waals surface area contributed by atoms with Crippen molar-refractivity contribution in [3.05, 3.63) is 41.7 Å². The molecule has 0 N–H and O–H groups in total. The lowest BCUT2D eigenvalue weighted by molar-refractivity contribution is 0.276. The molecule has 1 aromatic heterocycles. The molecule has 0 radical (unpaired) electrons. The van der Waals surface area contributed by atoms with Crippen molar-refractivity contribution in [3.63, 3.8) is 0 Å². The van der Waals surface area contributed by atoms with Crippen molar-refractivity contribution in [1.29, 1.82) is 0 Å². The number of benzene rings is 1. The van der Waals surface area contributed by atoms with E-state index in [1.54, 1.807) is 7.11 Å². The van der Waals surface area contributed by atoms with E-state index in [4.69, 9.17) is 21.1 Å². The average Bonchev–Trinajstić information content (AvgIpc) is 2.93. The Balaban J connectivity index is 2.13. The third-order valence-electron chi connectivity index (χ3n) is 2.98. The zero-order valence-electron chi connectivity index (χ0n) is 12.0. The molecule has 108 valence electrons. The van der Waals surface area contributed by atoms with Crippen molar-refractivity contribution in [2.24, 2.45) is 0 Å². The molecule has 0 amide bonds. The number of hydrogen-bond donors (Lipinski definition) is 0. The van der Waals surface area contributed by atoms with Crippen LogP contribution in [-0.2, 0) is 12.5 Å². The summed E-state index contributed by atoms with van der Waals surface area (Å²) in [5.41, 5.74) is 1.79. The van der Waals surface area contributed by atoms with Gasteiger partial charge in [0.1, 0.15) is 6.61 Å². The van der Waals surface area contributed by atoms with Crippen molar-refractivity contribution in [2.75, 3.05) is 7.11 Å². The predicted octanol–water partition coefficient (Wildman–Crippen LogP) is 3.79. The summed E-state index contributed by atoms with van der Waals surface area (Å²) in [6.45, 7) is 4.57. The second-order valence-corrected chi connectivity index (χ2v) is 5.02. The Hall–Kier alpha value is -1.68. The molecule has 0 aliphatic carbocycles. The molecule has 0 atom stereocenters. The van der Waals surface area contributed by atoms with Crippen LogP contribution in [0.25, 0.3) is 0 Å². The van der Waals surface area contributed by atoms with Crippen molar-refractivity contribution in [1.82, 2.24) is 9.78 Å². The number of nitrogens with zero attached hydrogens (tertiary/aromatic N) is 2. The molecule has 4 nitrogen and oxygen atoms in total. The van der Waals surface area contributed by atoms with Crippen LogP contribution in [0, 0.1) is 0 Å². The van der Waals surface area contributed by atoms with Gasteiger partial charge in [0, 0.05) is 17.8 Å². The monoisotopic (exact) mass is 294 g/mol. The first-order valence-corrected chi connectivity index (χ1v) is 7.07. The molecule has 2 rings (SSSR count). The van der Waals surface area contributed by atoms with Gasteiger partial charge in [0.15, 0.2) is 11.5 Å². The molecule has 0 saturated heterocycles. The van der Waals surface area contributed by atoms with Crippen LogP contribution in [0.5, 0.6) is 11.5 Å². The van der Waals surface area contributed by atoms with E-state index in [1.807, 2.05) is 35.1 Å². The van der Waals surface area contributed by atoms with Crippen LogP contribution in [0.2, 0.25) is 0 Å². The zero-order chi connectivity index (χ0) is 14.5. The van der Waals surface area contributed by atoms with Gasteiger partial charge in [-0.2, -0.15) is 5.10 Å². The fourth-order valence-corrected chi connectivity index (χ4v) is 2.09. The summed E-state index contributed by atoms with van der Waals surface area (Å²) in [5.74, 6) is 1.75. The van der Waals surface area contributed by atoms with E-state index >= 15 is 0 Å². The summed E-state index contributed by atoms with van der Waals surface area (Å²) in [6, 6.07) is 7.98. The SMILES string of the molecule is COc1cccc(CCl)c1OCc1ccn(C(C)C)n1. The largest absolute Gasteiger partial charge is 0.493 e. The van der Waals surface area contributed by atoms with E-state index in [0.29, 0.717) is 30.0 Å². The first kappa shape index (κ1) is 14.7. The van der Waals surface area contributed by atoms with E-state index < -0.39 is 0 Å². The highest BCUT2D eigenvalue weighted by Crippen LogP contribution is 2.32. The van der Waals surface area contributed by atoms with Gasteiger partial charge in [-0.3, -0.25) is 4.68 Å². The third kappa shape index (κ3) is 3.25. The molecular weight excluding hydrogens is 276 g/mol. The Morgan fingerprint density at radius 2 is 2.10 bits per heavy atom. The van der Waals surface area contributed by atoms with Crippen molar-refractivity contribution in [3.8, 4) is 11.5 Å². The highest BCUT2D eigenvalue weighted by atomic mass is 35.5. The topological polar surface area (TPSA) is 36.3 Å². The summed E-state index contributed by atoms with van der Waals surface area (Å²) in [4.78, 5) is 0. The lowest BCUT2D eigenvalue weighted by atomic mass is 10.2. The fraction of sp³-hybridized carbons (Fsp3) is 0.400. The number of alkyl halides is 1. The van der Waals surface area contributed by atoms with Crippen LogP contribution in [0.1, 0.15) is 31.1 Å². The van der Waals surface area contributed by atoms with Crippen LogP contribution >= 0.6 is 11.6 Å². The van der Waals surface area contributed by atoms with Gasteiger partial charge in [0.2, 0.25) is 0 Å². The quantitative estimate of drug-likeness (QED) is 0.761.